The number of aliphatic hydroxyl groups is 2. The van der Waals surface area contributed by atoms with Crippen molar-refractivity contribution in [3.05, 3.63) is 0 Å². The number of aliphatic hydroxyl groups excluding tert-OH is 2. The summed E-state index contributed by atoms with van der Waals surface area (Å²) in [5.74, 6) is -0.930. The highest BCUT2D eigenvalue weighted by molar-refractivity contribution is 7.47. The summed E-state index contributed by atoms with van der Waals surface area (Å²) in [6, 6.07) is 0. The van der Waals surface area contributed by atoms with E-state index in [0.717, 1.165) is 44.9 Å². The van der Waals surface area contributed by atoms with Gasteiger partial charge in [0.25, 0.3) is 0 Å². The highest BCUT2D eigenvalue weighted by Gasteiger charge is 2.27. The lowest BCUT2D eigenvalue weighted by molar-refractivity contribution is -0.161. The Kier molecular flexibility index (Phi) is 31.8. The molecule has 274 valence electrons. The third kappa shape index (κ3) is 31.6. The summed E-state index contributed by atoms with van der Waals surface area (Å²) in [6.07, 6.45) is 25.5. The molecular weight excluding hydrogens is 611 g/mol. The summed E-state index contributed by atoms with van der Waals surface area (Å²) in [4.78, 5) is 34.5. The molecule has 0 aliphatic heterocycles. The Balaban J connectivity index is 4.16. The second-order valence-corrected chi connectivity index (χ2v) is 14.1. The Morgan fingerprint density at radius 2 is 0.935 bits per heavy atom. The van der Waals surface area contributed by atoms with Crippen LogP contribution >= 0.6 is 7.82 Å². The lowest BCUT2D eigenvalue weighted by atomic mass is 10.0. The van der Waals surface area contributed by atoms with Gasteiger partial charge in [-0.2, -0.15) is 0 Å². The minimum Gasteiger partial charge on any atom is -0.462 e. The van der Waals surface area contributed by atoms with Gasteiger partial charge in [-0.05, 0) is 12.8 Å². The molecule has 0 aromatic rings. The highest BCUT2D eigenvalue weighted by Crippen LogP contribution is 2.43. The molecule has 0 aliphatic rings. The van der Waals surface area contributed by atoms with Gasteiger partial charge in [0.15, 0.2) is 6.10 Å². The first-order valence-electron chi connectivity index (χ1n) is 18.5. The van der Waals surface area contributed by atoms with E-state index in [1.54, 1.807) is 0 Å². The first-order chi connectivity index (χ1) is 22.2. The van der Waals surface area contributed by atoms with Crippen LogP contribution in [0, 0.1) is 0 Å². The van der Waals surface area contributed by atoms with Crippen LogP contribution in [0.25, 0.3) is 0 Å². The molecule has 46 heavy (non-hydrogen) atoms. The lowest BCUT2D eigenvalue weighted by Gasteiger charge is -2.20. The van der Waals surface area contributed by atoms with Crippen LogP contribution in [-0.2, 0) is 32.7 Å². The maximum Gasteiger partial charge on any atom is 0.472 e. The van der Waals surface area contributed by atoms with E-state index in [2.05, 4.69) is 18.4 Å². The standard InChI is InChI=1S/C35H69O10P/c1-3-5-7-9-10-11-12-13-14-15-16-17-18-19-20-21-23-25-27-35(39)45-33(30-42-34(38)26-24-22-8-6-4-2)31-44-46(40,41)43-29-32(37)28-36/h32-33,36-37H,3-31H2,1-2H3,(H,40,41). The van der Waals surface area contributed by atoms with Gasteiger partial charge in [0.05, 0.1) is 19.8 Å². The van der Waals surface area contributed by atoms with Gasteiger partial charge in [0.2, 0.25) is 0 Å². The number of hydrogen-bond donors (Lipinski definition) is 3. The topological polar surface area (TPSA) is 149 Å². The van der Waals surface area contributed by atoms with E-state index < -0.39 is 51.8 Å². The number of phosphoric ester groups is 1. The van der Waals surface area contributed by atoms with Crippen LogP contribution in [0.3, 0.4) is 0 Å². The molecule has 0 saturated heterocycles. The van der Waals surface area contributed by atoms with E-state index in [4.69, 9.17) is 19.1 Å². The van der Waals surface area contributed by atoms with Gasteiger partial charge >= 0.3 is 19.8 Å². The molecule has 0 saturated carbocycles. The van der Waals surface area contributed by atoms with Gasteiger partial charge in [-0.1, -0.05) is 149 Å². The first-order valence-corrected chi connectivity index (χ1v) is 20.0. The van der Waals surface area contributed by atoms with Gasteiger partial charge in [0.1, 0.15) is 12.7 Å². The van der Waals surface area contributed by atoms with Gasteiger partial charge in [-0.15, -0.1) is 0 Å². The molecule has 11 heteroatoms. The predicted octanol–water partition coefficient (Wildman–Crippen LogP) is 8.72. The Morgan fingerprint density at radius 3 is 1.35 bits per heavy atom. The van der Waals surface area contributed by atoms with Crippen LogP contribution in [-0.4, -0.2) is 65.7 Å². The largest absolute Gasteiger partial charge is 0.472 e. The Labute approximate surface area is 280 Å². The van der Waals surface area contributed by atoms with E-state index in [1.165, 1.54) is 89.9 Å². The molecule has 0 spiro atoms. The van der Waals surface area contributed by atoms with E-state index in [9.17, 15) is 24.2 Å². The van der Waals surface area contributed by atoms with Crippen molar-refractivity contribution in [3.8, 4) is 0 Å². The number of ether oxygens (including phenoxy) is 2. The molecule has 10 nitrogen and oxygen atoms in total. The van der Waals surface area contributed by atoms with Gasteiger partial charge in [-0.25, -0.2) is 4.57 Å². The summed E-state index contributed by atoms with van der Waals surface area (Å²) in [5.41, 5.74) is 0. The zero-order valence-corrected chi connectivity index (χ0v) is 30.2. The van der Waals surface area contributed by atoms with Crippen molar-refractivity contribution >= 4 is 19.8 Å². The lowest BCUT2D eigenvalue weighted by Crippen LogP contribution is -2.29. The summed E-state index contributed by atoms with van der Waals surface area (Å²) in [5, 5.41) is 18.2. The van der Waals surface area contributed by atoms with Crippen LogP contribution in [0.2, 0.25) is 0 Å². The average molecular weight is 681 g/mol. The van der Waals surface area contributed by atoms with Crippen LogP contribution in [0.15, 0.2) is 0 Å². The SMILES string of the molecule is CCCCCCCCCCCCCCCCCCCCC(=O)OC(COC(=O)CCCCCCC)COP(=O)(O)OCC(O)CO. The van der Waals surface area contributed by atoms with Gasteiger partial charge in [-0.3, -0.25) is 18.6 Å². The Bertz CT molecular complexity index is 751. The minimum absolute atomic E-state index is 0.191. The van der Waals surface area contributed by atoms with Gasteiger partial charge < -0.3 is 24.6 Å². The first kappa shape index (κ1) is 45.0. The fraction of sp³-hybridized carbons (Fsp3) is 0.943. The molecular formula is C35H69O10P. The quantitative estimate of drug-likeness (QED) is 0.0337. The van der Waals surface area contributed by atoms with E-state index >= 15 is 0 Å². The van der Waals surface area contributed by atoms with Crippen molar-refractivity contribution < 1.29 is 47.8 Å². The van der Waals surface area contributed by atoms with Crippen molar-refractivity contribution in [1.82, 2.24) is 0 Å². The average Bonchev–Trinajstić information content (AvgIpc) is 3.04. The second-order valence-electron chi connectivity index (χ2n) is 12.6. The number of hydrogen-bond acceptors (Lipinski definition) is 9. The molecule has 3 atom stereocenters. The third-order valence-corrected chi connectivity index (χ3v) is 8.96. The number of esters is 2. The molecule has 0 amide bonds. The molecule has 0 heterocycles. The minimum atomic E-state index is -4.59. The monoisotopic (exact) mass is 680 g/mol. The third-order valence-electron chi connectivity index (χ3n) is 8.01. The molecule has 0 rings (SSSR count). The highest BCUT2D eigenvalue weighted by atomic mass is 31.2. The van der Waals surface area contributed by atoms with Gasteiger partial charge in [0, 0.05) is 12.8 Å². The molecule has 0 aromatic carbocycles. The Morgan fingerprint density at radius 1 is 0.565 bits per heavy atom. The number of carbonyl (C=O) groups excluding carboxylic acids is 2. The molecule has 0 bridgehead atoms. The van der Waals surface area contributed by atoms with Crippen molar-refractivity contribution in [1.29, 1.82) is 0 Å². The number of phosphoric acid groups is 1. The maximum absolute atomic E-state index is 12.5. The van der Waals surface area contributed by atoms with Crippen LogP contribution in [0.4, 0.5) is 0 Å². The second kappa shape index (κ2) is 32.5. The predicted molar refractivity (Wildman–Crippen MR) is 182 cm³/mol. The zero-order chi connectivity index (χ0) is 34.1. The van der Waals surface area contributed by atoms with E-state index in [1.807, 2.05) is 0 Å². The number of unbranched alkanes of at least 4 members (excludes halogenated alkanes) is 21. The van der Waals surface area contributed by atoms with E-state index in [0.29, 0.717) is 12.8 Å². The molecule has 0 aliphatic carbocycles. The summed E-state index contributed by atoms with van der Waals surface area (Å²) >= 11 is 0. The van der Waals surface area contributed by atoms with Crippen LogP contribution in [0.1, 0.15) is 174 Å². The van der Waals surface area contributed by atoms with Crippen LogP contribution in [0.5, 0.6) is 0 Å². The van der Waals surface area contributed by atoms with E-state index in [-0.39, 0.29) is 19.4 Å². The normalized spacial score (nSPS) is 14.1. The van der Waals surface area contributed by atoms with Crippen molar-refractivity contribution in [3.63, 3.8) is 0 Å². The fourth-order valence-electron chi connectivity index (χ4n) is 5.11. The number of carbonyl (C=O) groups is 2. The smallest absolute Gasteiger partial charge is 0.462 e. The van der Waals surface area contributed by atoms with Crippen LogP contribution < -0.4 is 0 Å². The molecule has 3 unspecified atom stereocenters. The zero-order valence-electron chi connectivity index (χ0n) is 29.3. The number of rotatable bonds is 35. The summed E-state index contributed by atoms with van der Waals surface area (Å²) in [7, 11) is -4.59. The Hall–Kier alpha value is -1.03. The molecule has 0 aromatic heterocycles. The summed E-state index contributed by atoms with van der Waals surface area (Å²) < 4.78 is 32.3. The fourth-order valence-corrected chi connectivity index (χ4v) is 5.90. The van der Waals surface area contributed by atoms with Crippen molar-refractivity contribution in [2.45, 2.75) is 187 Å². The summed E-state index contributed by atoms with van der Waals surface area (Å²) in [6.45, 7) is 2.28. The van der Waals surface area contributed by atoms with Crippen molar-refractivity contribution in [2.24, 2.45) is 0 Å². The molecule has 0 radical (unpaired) electrons. The van der Waals surface area contributed by atoms with Crippen molar-refractivity contribution in [2.75, 3.05) is 26.4 Å². The maximum atomic E-state index is 12.5. The molecule has 0 fully saturated rings. The molecule has 3 N–H and O–H groups in total.